The molecule has 2 aromatic rings. The molecule has 0 spiro atoms. The van der Waals surface area contributed by atoms with Gasteiger partial charge in [-0.15, -0.1) is 0 Å². The molecule has 0 fully saturated rings. The van der Waals surface area contributed by atoms with Gasteiger partial charge in [0.05, 0.1) is 0 Å². The topological polar surface area (TPSA) is 52.6 Å². The summed E-state index contributed by atoms with van der Waals surface area (Å²) in [5, 5.41) is 0. The van der Waals surface area contributed by atoms with Gasteiger partial charge in [0.25, 0.3) is 0 Å². The van der Waals surface area contributed by atoms with Gasteiger partial charge >= 0.3 is 5.97 Å². The van der Waals surface area contributed by atoms with Crippen molar-refractivity contribution < 1.29 is 19.1 Å². The number of rotatable bonds is 7. The summed E-state index contributed by atoms with van der Waals surface area (Å²) in [5.41, 5.74) is 1.68. The van der Waals surface area contributed by atoms with Crippen molar-refractivity contribution >= 4 is 27.7 Å². The number of hydrogen-bond acceptors (Lipinski definition) is 4. The third-order valence-electron chi connectivity index (χ3n) is 3.23. The first-order valence-corrected chi connectivity index (χ1v) is 8.04. The molecule has 0 bridgehead atoms. The van der Waals surface area contributed by atoms with Crippen LogP contribution in [0.5, 0.6) is 5.75 Å². The molecule has 0 N–H and O–H groups in total. The van der Waals surface area contributed by atoms with Gasteiger partial charge < -0.3 is 9.47 Å². The molecule has 0 saturated carbocycles. The predicted molar refractivity (Wildman–Crippen MR) is 90.7 cm³/mol. The van der Waals surface area contributed by atoms with Crippen molar-refractivity contribution in [2.75, 3.05) is 13.2 Å². The Kier molecular flexibility index (Phi) is 6.35. The highest BCUT2D eigenvalue weighted by Crippen LogP contribution is 2.16. The largest absolute Gasteiger partial charge is 0.482 e. The summed E-state index contributed by atoms with van der Waals surface area (Å²) >= 11 is 3.29. The van der Waals surface area contributed by atoms with Gasteiger partial charge in [-0.3, -0.25) is 4.79 Å². The molecule has 0 heterocycles. The number of esters is 1. The average molecular weight is 377 g/mol. The first-order valence-electron chi connectivity index (χ1n) is 7.25. The van der Waals surface area contributed by atoms with Crippen LogP contribution < -0.4 is 4.74 Å². The lowest BCUT2D eigenvalue weighted by Gasteiger charge is -2.08. The fourth-order valence-electron chi connectivity index (χ4n) is 1.92. The van der Waals surface area contributed by atoms with Crippen molar-refractivity contribution in [1.82, 2.24) is 0 Å². The van der Waals surface area contributed by atoms with Crippen LogP contribution in [0, 0.1) is 0 Å². The Balaban J connectivity index is 1.78. The molecule has 0 aliphatic rings. The summed E-state index contributed by atoms with van der Waals surface area (Å²) in [6, 6.07) is 14.5. The highest BCUT2D eigenvalue weighted by molar-refractivity contribution is 9.10. The summed E-state index contributed by atoms with van der Waals surface area (Å²) in [6.07, 6.45) is 0.944. The molecule has 2 aromatic carbocycles. The summed E-state index contributed by atoms with van der Waals surface area (Å²) in [5.74, 6) is -0.251. The van der Waals surface area contributed by atoms with Crippen LogP contribution in [0.4, 0.5) is 0 Å². The van der Waals surface area contributed by atoms with Gasteiger partial charge in [0.2, 0.25) is 5.78 Å². The molecule has 0 saturated heterocycles. The van der Waals surface area contributed by atoms with Crippen molar-refractivity contribution in [2.45, 2.75) is 13.3 Å². The average Bonchev–Trinajstić information content (AvgIpc) is 2.58. The fourth-order valence-corrected chi connectivity index (χ4v) is 2.42. The Morgan fingerprint density at radius 3 is 2.35 bits per heavy atom. The van der Waals surface area contributed by atoms with Gasteiger partial charge in [-0.2, -0.15) is 0 Å². The van der Waals surface area contributed by atoms with Crippen molar-refractivity contribution in [1.29, 1.82) is 0 Å². The zero-order chi connectivity index (χ0) is 16.7. The van der Waals surface area contributed by atoms with Crippen molar-refractivity contribution in [2.24, 2.45) is 0 Å². The molecule has 0 amide bonds. The Morgan fingerprint density at radius 1 is 1.00 bits per heavy atom. The smallest absolute Gasteiger partial charge is 0.344 e. The van der Waals surface area contributed by atoms with Crippen LogP contribution in [0.2, 0.25) is 0 Å². The zero-order valence-electron chi connectivity index (χ0n) is 12.8. The van der Waals surface area contributed by atoms with E-state index < -0.39 is 5.97 Å². The first kappa shape index (κ1) is 17.2. The second-order valence-corrected chi connectivity index (χ2v) is 5.70. The highest BCUT2D eigenvalue weighted by Gasteiger charge is 2.12. The number of carbonyl (C=O) groups excluding carboxylic acids is 2. The summed E-state index contributed by atoms with van der Waals surface area (Å²) in [6.45, 7) is 1.53. The zero-order valence-corrected chi connectivity index (χ0v) is 14.3. The molecule has 0 radical (unpaired) electrons. The van der Waals surface area contributed by atoms with E-state index in [0.29, 0.717) is 15.8 Å². The minimum atomic E-state index is -0.579. The van der Waals surface area contributed by atoms with Crippen molar-refractivity contribution in [3.05, 3.63) is 64.1 Å². The van der Waals surface area contributed by atoms with Crippen LogP contribution in [-0.4, -0.2) is 25.0 Å². The molecular formula is C18H17BrO4. The molecule has 2 rings (SSSR count). The minimum absolute atomic E-state index is 0.227. The van der Waals surface area contributed by atoms with Gasteiger partial charge in [-0.1, -0.05) is 53.2 Å². The van der Waals surface area contributed by atoms with Crippen LogP contribution >= 0.6 is 15.9 Å². The Morgan fingerprint density at radius 2 is 1.70 bits per heavy atom. The van der Waals surface area contributed by atoms with E-state index in [9.17, 15) is 9.59 Å². The van der Waals surface area contributed by atoms with E-state index in [1.165, 1.54) is 5.56 Å². The summed E-state index contributed by atoms with van der Waals surface area (Å²) < 4.78 is 11.0. The van der Waals surface area contributed by atoms with Crippen LogP contribution in [0.1, 0.15) is 22.8 Å². The maximum atomic E-state index is 12.0. The third-order valence-corrected chi connectivity index (χ3v) is 3.92. The second kappa shape index (κ2) is 8.48. The van der Waals surface area contributed by atoms with Gasteiger partial charge in [-0.25, -0.2) is 4.79 Å². The molecule has 0 atom stereocenters. The summed E-state index contributed by atoms with van der Waals surface area (Å²) in [4.78, 5) is 23.6. The summed E-state index contributed by atoms with van der Waals surface area (Å²) in [7, 11) is 0. The molecular weight excluding hydrogens is 360 g/mol. The fraction of sp³-hybridized carbons (Fsp3) is 0.222. The van der Waals surface area contributed by atoms with Crippen LogP contribution in [0.25, 0.3) is 0 Å². The van der Waals surface area contributed by atoms with E-state index >= 15 is 0 Å². The van der Waals surface area contributed by atoms with Gasteiger partial charge in [0, 0.05) is 10.0 Å². The van der Waals surface area contributed by atoms with Gasteiger partial charge in [-0.05, 0) is 30.2 Å². The predicted octanol–water partition coefficient (Wildman–Crippen LogP) is 3.82. The number of hydrogen-bond donors (Lipinski definition) is 0. The lowest BCUT2D eigenvalue weighted by Crippen LogP contribution is -2.19. The molecule has 4 nitrogen and oxygen atoms in total. The minimum Gasteiger partial charge on any atom is -0.482 e. The number of Topliss-reactive ketones (excluding diaryl/α,β-unsaturated/α-hetero) is 1. The normalized spacial score (nSPS) is 10.2. The second-order valence-electron chi connectivity index (χ2n) is 4.85. The number of ketones is 1. The standard InChI is InChI=1S/C18H17BrO4/c1-2-13-7-9-14(10-8-13)22-12-18(21)23-11-17(20)15-5-3-4-6-16(15)19/h3-10H,2,11-12H2,1H3. The third kappa shape index (κ3) is 5.21. The number of aryl methyl sites for hydroxylation is 1. The van der Waals surface area contributed by atoms with Crippen LogP contribution in [-0.2, 0) is 16.0 Å². The van der Waals surface area contributed by atoms with Gasteiger partial charge in [0.15, 0.2) is 13.2 Å². The van der Waals surface area contributed by atoms with Gasteiger partial charge in [0.1, 0.15) is 5.75 Å². The highest BCUT2D eigenvalue weighted by atomic mass is 79.9. The van der Waals surface area contributed by atoms with Crippen molar-refractivity contribution in [3.63, 3.8) is 0 Å². The number of ether oxygens (including phenoxy) is 2. The monoisotopic (exact) mass is 376 g/mol. The van der Waals surface area contributed by atoms with E-state index in [4.69, 9.17) is 9.47 Å². The maximum absolute atomic E-state index is 12.0. The molecule has 0 aromatic heterocycles. The van der Waals surface area contributed by atoms with E-state index in [2.05, 4.69) is 22.9 Å². The lowest BCUT2D eigenvalue weighted by atomic mass is 10.1. The number of halogens is 1. The van der Waals surface area contributed by atoms with E-state index in [0.717, 1.165) is 6.42 Å². The van der Waals surface area contributed by atoms with Crippen LogP contribution in [0.15, 0.2) is 53.0 Å². The van der Waals surface area contributed by atoms with E-state index in [-0.39, 0.29) is 19.0 Å². The molecule has 23 heavy (non-hydrogen) atoms. The number of benzene rings is 2. The Labute approximate surface area is 143 Å². The number of carbonyl (C=O) groups is 2. The Hall–Kier alpha value is -2.14. The maximum Gasteiger partial charge on any atom is 0.344 e. The SMILES string of the molecule is CCc1ccc(OCC(=O)OCC(=O)c2ccccc2Br)cc1. The molecule has 0 unspecified atom stereocenters. The van der Waals surface area contributed by atoms with E-state index in [1.807, 2.05) is 18.2 Å². The molecule has 5 heteroatoms. The molecule has 0 aliphatic heterocycles. The Bertz CT molecular complexity index is 680. The van der Waals surface area contributed by atoms with Crippen molar-refractivity contribution in [3.8, 4) is 5.75 Å². The first-order chi connectivity index (χ1) is 11.1. The lowest BCUT2D eigenvalue weighted by molar-refractivity contribution is -0.144. The van der Waals surface area contributed by atoms with Crippen LogP contribution in [0.3, 0.4) is 0 Å². The molecule has 120 valence electrons. The van der Waals surface area contributed by atoms with E-state index in [1.54, 1.807) is 30.3 Å². The molecule has 0 aliphatic carbocycles. The quantitative estimate of drug-likeness (QED) is 0.544.